The van der Waals surface area contributed by atoms with E-state index in [2.05, 4.69) is 114 Å². The third kappa shape index (κ3) is 4.46. The van der Waals surface area contributed by atoms with Crippen LogP contribution in [0.4, 0.5) is 0 Å². The summed E-state index contributed by atoms with van der Waals surface area (Å²) < 4.78 is 8.65. The van der Waals surface area contributed by atoms with E-state index in [9.17, 15) is 0 Å². The zero-order valence-corrected chi connectivity index (χ0v) is 28.1. The number of hydrogen-bond donors (Lipinski definition) is 0. The van der Waals surface area contributed by atoms with E-state index < -0.39 is 0 Å². The second kappa shape index (κ2) is 11.3. The molecule has 2 aliphatic carbocycles. The lowest BCUT2D eigenvalue weighted by Gasteiger charge is -2.18. The van der Waals surface area contributed by atoms with E-state index in [1.807, 2.05) is 54.6 Å². The number of para-hydroxylation sites is 1. The number of benzene rings is 6. The van der Waals surface area contributed by atoms with Crippen molar-refractivity contribution >= 4 is 55.3 Å². The molecule has 1 unspecified atom stereocenters. The number of hydrogen-bond acceptors (Lipinski definition) is 4. The molecule has 0 N–H and O–H groups in total. The molecule has 52 heavy (non-hydrogen) atoms. The van der Waals surface area contributed by atoms with Gasteiger partial charge in [0.05, 0.1) is 10.9 Å². The molecule has 0 aliphatic heterocycles. The summed E-state index contributed by atoms with van der Waals surface area (Å²) in [5.41, 5.74) is 8.10. The van der Waals surface area contributed by atoms with E-state index in [1.165, 1.54) is 37.8 Å². The second-order valence-corrected chi connectivity index (χ2v) is 13.6. The summed E-state index contributed by atoms with van der Waals surface area (Å²) >= 11 is 0. The summed E-state index contributed by atoms with van der Waals surface area (Å²) in [6.45, 7) is 0. The quantitative estimate of drug-likeness (QED) is 0.188. The van der Waals surface area contributed by atoms with Gasteiger partial charge in [-0.1, -0.05) is 115 Å². The van der Waals surface area contributed by atoms with Gasteiger partial charge in [0.2, 0.25) is 0 Å². The molecule has 0 spiro atoms. The summed E-state index contributed by atoms with van der Waals surface area (Å²) in [7, 11) is 0. The first-order valence-electron chi connectivity index (χ1n) is 17.7. The van der Waals surface area contributed by atoms with Gasteiger partial charge in [-0.15, -0.1) is 0 Å². The second-order valence-electron chi connectivity index (χ2n) is 13.6. The molecular weight excluding hydrogens is 637 g/mol. The van der Waals surface area contributed by atoms with Gasteiger partial charge >= 0.3 is 0 Å². The predicted molar refractivity (Wildman–Crippen MR) is 211 cm³/mol. The summed E-state index contributed by atoms with van der Waals surface area (Å²) in [5.74, 6) is 2.24. The zero-order valence-electron chi connectivity index (χ0n) is 28.1. The average molecular weight is 667 g/mol. The monoisotopic (exact) mass is 666 g/mol. The Labute approximate surface area is 298 Å². The van der Waals surface area contributed by atoms with Crippen molar-refractivity contribution in [3.05, 3.63) is 168 Å². The Morgan fingerprint density at radius 2 is 1.27 bits per heavy atom. The number of rotatable bonds is 4. The van der Waals surface area contributed by atoms with Crippen molar-refractivity contribution < 1.29 is 4.42 Å². The van der Waals surface area contributed by atoms with E-state index in [1.54, 1.807) is 0 Å². The fraction of sp³-hybridized carbons (Fsp3) is 0.0426. The third-order valence-corrected chi connectivity index (χ3v) is 10.6. The topological polar surface area (TPSA) is 56.7 Å². The van der Waals surface area contributed by atoms with E-state index in [0.29, 0.717) is 23.4 Å². The summed E-state index contributed by atoms with van der Waals surface area (Å²) in [6.07, 6.45) is 12.4. The number of nitrogens with zero attached hydrogens (tertiary/aromatic N) is 4. The van der Waals surface area contributed by atoms with Crippen molar-refractivity contribution in [2.24, 2.45) is 5.92 Å². The Hall–Kier alpha value is -6.85. The predicted octanol–water partition coefficient (Wildman–Crippen LogP) is 9.95. The van der Waals surface area contributed by atoms with Crippen LogP contribution in [0.3, 0.4) is 0 Å². The van der Waals surface area contributed by atoms with Crippen molar-refractivity contribution in [3.8, 4) is 39.9 Å². The zero-order chi connectivity index (χ0) is 34.2. The molecule has 6 aromatic carbocycles. The van der Waals surface area contributed by atoms with Gasteiger partial charge in [0, 0.05) is 49.7 Å². The van der Waals surface area contributed by atoms with Gasteiger partial charge < -0.3 is 8.98 Å². The molecule has 2 aliphatic rings. The number of aromatic nitrogens is 4. The maximum absolute atomic E-state index is 6.23. The van der Waals surface area contributed by atoms with Gasteiger partial charge in [-0.25, -0.2) is 15.0 Å². The standard InChI is InChI=1S/C47H30N4O/c1-2-12-31(13-3-1)45-48-46(50-47(49-45)33-20-25-38-37-16-8-9-17-41(37)52-42(38)28-33)32-18-23-34(24-19-32)51-39-26-21-29-10-4-6-14-35(29)43(39)44-36-15-7-5-11-30(36)22-27-40(44)51/h1-21,23-28,30H,22H2. The normalized spacial score (nSPS) is 15.0. The van der Waals surface area contributed by atoms with Crippen molar-refractivity contribution in [3.63, 3.8) is 0 Å². The van der Waals surface area contributed by atoms with Crippen LogP contribution in [0.1, 0.15) is 6.42 Å². The smallest absolute Gasteiger partial charge is 0.164 e. The van der Waals surface area contributed by atoms with Crippen LogP contribution in [0.2, 0.25) is 0 Å². The largest absolute Gasteiger partial charge is 0.456 e. The maximum atomic E-state index is 6.23. The molecule has 11 rings (SSSR count). The first-order valence-corrected chi connectivity index (χ1v) is 17.7. The van der Waals surface area contributed by atoms with Gasteiger partial charge in [-0.05, 0) is 71.3 Å². The van der Waals surface area contributed by atoms with Crippen LogP contribution in [0.25, 0.3) is 95.1 Å². The van der Waals surface area contributed by atoms with Crippen LogP contribution >= 0.6 is 0 Å². The van der Waals surface area contributed by atoms with Gasteiger partial charge in [-0.3, -0.25) is 0 Å². The lowest BCUT2D eigenvalue weighted by atomic mass is 9.86. The van der Waals surface area contributed by atoms with E-state index in [0.717, 1.165) is 50.7 Å². The number of allylic oxidation sites excluding steroid dienone is 4. The van der Waals surface area contributed by atoms with Crippen LogP contribution in [0.15, 0.2) is 162 Å². The maximum Gasteiger partial charge on any atom is 0.164 e. The Morgan fingerprint density at radius 1 is 0.577 bits per heavy atom. The SMILES string of the molecule is C1=CC2=c3c(n(-c4ccc(-c5nc(-c6ccccc6)nc(-c6ccc7c(c6)oc6ccccc67)n5)cc4)c4ccc5ccccc5c34)=CCC2C=C1. The summed E-state index contributed by atoms with van der Waals surface area (Å²) in [4.78, 5) is 15.0. The highest BCUT2D eigenvalue weighted by atomic mass is 16.3. The lowest BCUT2D eigenvalue weighted by Crippen LogP contribution is -2.35. The van der Waals surface area contributed by atoms with Crippen molar-refractivity contribution in [2.75, 3.05) is 0 Å². The minimum absolute atomic E-state index is 0.391. The van der Waals surface area contributed by atoms with Gasteiger partial charge in [0.25, 0.3) is 0 Å². The van der Waals surface area contributed by atoms with Crippen LogP contribution in [0.5, 0.6) is 0 Å². The molecule has 0 fully saturated rings. The Morgan fingerprint density at radius 3 is 2.12 bits per heavy atom. The van der Waals surface area contributed by atoms with Gasteiger partial charge in [0.1, 0.15) is 11.2 Å². The molecule has 0 bridgehead atoms. The van der Waals surface area contributed by atoms with Crippen molar-refractivity contribution in [1.82, 2.24) is 19.5 Å². The van der Waals surface area contributed by atoms with Crippen LogP contribution in [-0.4, -0.2) is 19.5 Å². The Kier molecular flexibility index (Phi) is 6.31. The van der Waals surface area contributed by atoms with E-state index in [4.69, 9.17) is 19.4 Å². The molecule has 244 valence electrons. The van der Waals surface area contributed by atoms with E-state index in [-0.39, 0.29) is 0 Å². The van der Waals surface area contributed by atoms with Crippen LogP contribution in [-0.2, 0) is 0 Å². The summed E-state index contributed by atoms with van der Waals surface area (Å²) in [6, 6.07) is 46.3. The average Bonchev–Trinajstić information content (AvgIpc) is 3.77. The molecule has 0 saturated heterocycles. The summed E-state index contributed by atoms with van der Waals surface area (Å²) in [5, 5.41) is 8.60. The molecule has 3 aromatic heterocycles. The highest BCUT2D eigenvalue weighted by Crippen LogP contribution is 2.34. The van der Waals surface area contributed by atoms with Gasteiger partial charge in [0.15, 0.2) is 17.5 Å². The highest BCUT2D eigenvalue weighted by molar-refractivity contribution is 6.09. The van der Waals surface area contributed by atoms with Crippen LogP contribution < -0.4 is 10.6 Å². The first-order chi connectivity index (χ1) is 25.8. The molecule has 0 amide bonds. The minimum Gasteiger partial charge on any atom is -0.456 e. The van der Waals surface area contributed by atoms with E-state index >= 15 is 0 Å². The lowest BCUT2D eigenvalue weighted by molar-refractivity contribution is 0.669. The highest BCUT2D eigenvalue weighted by Gasteiger charge is 2.22. The van der Waals surface area contributed by atoms with Crippen LogP contribution in [0, 0.1) is 5.92 Å². The fourth-order valence-corrected chi connectivity index (χ4v) is 8.12. The Bertz CT molecular complexity index is 3090. The molecule has 9 aromatic rings. The molecule has 1 atom stereocenters. The molecular formula is C47H30N4O. The first kappa shape index (κ1) is 28.9. The number of fused-ring (bicyclic) bond motifs is 9. The van der Waals surface area contributed by atoms with Crippen molar-refractivity contribution in [2.45, 2.75) is 6.42 Å². The molecule has 0 radical (unpaired) electrons. The number of furan rings is 1. The molecule has 5 heteroatoms. The molecule has 0 saturated carbocycles. The third-order valence-electron chi connectivity index (χ3n) is 10.6. The molecule has 3 heterocycles. The van der Waals surface area contributed by atoms with Gasteiger partial charge in [-0.2, -0.15) is 0 Å². The Balaban J connectivity index is 1.08. The minimum atomic E-state index is 0.391. The van der Waals surface area contributed by atoms with Crippen molar-refractivity contribution in [1.29, 1.82) is 0 Å². The molecule has 5 nitrogen and oxygen atoms in total. The fourth-order valence-electron chi connectivity index (χ4n) is 8.12.